The lowest BCUT2D eigenvalue weighted by atomic mass is 10.3. The number of halogens is 1. The average Bonchev–Trinajstić information content (AvgIpc) is 2.84. The lowest BCUT2D eigenvalue weighted by molar-refractivity contribution is 0.195. The van der Waals surface area contributed by atoms with Crippen molar-refractivity contribution >= 4 is 11.6 Å². The number of benzene rings is 1. The molecule has 0 aliphatic carbocycles. The van der Waals surface area contributed by atoms with E-state index in [4.69, 9.17) is 21.1 Å². The highest BCUT2D eigenvalue weighted by Gasteiger charge is 2.04. The molecule has 1 heterocycles. The zero-order valence-electron chi connectivity index (χ0n) is 11.6. The van der Waals surface area contributed by atoms with Crippen LogP contribution < -0.4 is 9.47 Å². The van der Waals surface area contributed by atoms with Gasteiger partial charge in [0.15, 0.2) is 11.5 Å². The fraction of sp³-hybridized carbons (Fsp3) is 0.357. The summed E-state index contributed by atoms with van der Waals surface area (Å²) in [4.78, 5) is 2.10. The van der Waals surface area contributed by atoms with Crippen molar-refractivity contribution in [1.82, 2.24) is 14.7 Å². The molecule has 0 amide bonds. The molecule has 0 aliphatic rings. The Kier molecular flexibility index (Phi) is 5.26. The minimum Gasteiger partial charge on any atom is -0.493 e. The van der Waals surface area contributed by atoms with Crippen molar-refractivity contribution in [3.05, 3.63) is 41.7 Å². The van der Waals surface area contributed by atoms with Gasteiger partial charge in [0.1, 0.15) is 6.61 Å². The summed E-state index contributed by atoms with van der Waals surface area (Å²) >= 11 is 5.82. The Labute approximate surface area is 123 Å². The highest BCUT2D eigenvalue weighted by molar-refractivity contribution is 6.30. The van der Waals surface area contributed by atoms with Gasteiger partial charge in [0, 0.05) is 12.7 Å². The third-order valence-corrected chi connectivity index (χ3v) is 2.98. The summed E-state index contributed by atoms with van der Waals surface area (Å²) in [6.07, 6.45) is 3.42. The molecule has 108 valence electrons. The largest absolute Gasteiger partial charge is 0.493 e. The van der Waals surface area contributed by atoms with Crippen molar-refractivity contribution in [1.29, 1.82) is 0 Å². The Morgan fingerprint density at radius 1 is 1.30 bits per heavy atom. The van der Waals surface area contributed by atoms with Gasteiger partial charge in [-0.2, -0.15) is 5.10 Å². The molecule has 0 spiro atoms. The second-order valence-electron chi connectivity index (χ2n) is 4.42. The van der Waals surface area contributed by atoms with E-state index in [1.807, 2.05) is 31.3 Å². The van der Waals surface area contributed by atoms with Crippen molar-refractivity contribution in [2.24, 2.45) is 0 Å². The van der Waals surface area contributed by atoms with E-state index in [0.717, 1.165) is 18.0 Å². The summed E-state index contributed by atoms with van der Waals surface area (Å²) in [7, 11) is 3.64. The Morgan fingerprint density at radius 2 is 2.05 bits per heavy atom. The van der Waals surface area contributed by atoms with Crippen LogP contribution in [0.3, 0.4) is 0 Å². The summed E-state index contributed by atoms with van der Waals surface area (Å²) in [5.74, 6) is 1.50. The van der Waals surface area contributed by atoms with Crippen molar-refractivity contribution in [2.75, 3.05) is 27.3 Å². The standard InChI is InChI=1S/C14H18ClN3O2/c1-17(11-18-10-12(15)9-16-18)7-8-20-14-6-4-3-5-13(14)19-2/h3-6,9-10H,7-8,11H2,1-2H3. The van der Waals surface area contributed by atoms with Crippen LogP contribution in [0.2, 0.25) is 5.02 Å². The van der Waals surface area contributed by atoms with Gasteiger partial charge in [-0.25, -0.2) is 0 Å². The number of likely N-dealkylation sites (N-methyl/N-ethyl adjacent to an activating group) is 1. The number of rotatable bonds is 7. The first-order chi connectivity index (χ1) is 9.69. The van der Waals surface area contributed by atoms with Gasteiger partial charge in [0.05, 0.1) is 25.0 Å². The summed E-state index contributed by atoms with van der Waals surface area (Å²) < 4.78 is 12.7. The maximum atomic E-state index is 5.82. The molecule has 0 N–H and O–H groups in total. The van der Waals surface area contributed by atoms with E-state index in [1.165, 1.54) is 0 Å². The van der Waals surface area contributed by atoms with E-state index >= 15 is 0 Å². The maximum absolute atomic E-state index is 5.82. The van der Waals surface area contributed by atoms with Gasteiger partial charge in [-0.05, 0) is 19.2 Å². The zero-order chi connectivity index (χ0) is 14.4. The van der Waals surface area contributed by atoms with Crippen LogP contribution in [0.25, 0.3) is 0 Å². The summed E-state index contributed by atoms with van der Waals surface area (Å²) in [6.45, 7) is 2.02. The van der Waals surface area contributed by atoms with Crippen LogP contribution in [0, 0.1) is 0 Å². The van der Waals surface area contributed by atoms with E-state index in [2.05, 4.69) is 10.00 Å². The van der Waals surface area contributed by atoms with Crippen molar-refractivity contribution in [3.8, 4) is 11.5 Å². The number of hydrogen-bond acceptors (Lipinski definition) is 4. The lowest BCUT2D eigenvalue weighted by Gasteiger charge is -2.17. The van der Waals surface area contributed by atoms with Gasteiger partial charge >= 0.3 is 0 Å². The first-order valence-corrected chi connectivity index (χ1v) is 6.69. The average molecular weight is 296 g/mol. The molecule has 0 saturated heterocycles. The lowest BCUT2D eigenvalue weighted by Crippen LogP contribution is -2.27. The molecular weight excluding hydrogens is 278 g/mol. The first-order valence-electron chi connectivity index (χ1n) is 6.31. The first kappa shape index (κ1) is 14.7. The molecule has 2 rings (SSSR count). The number of para-hydroxylation sites is 2. The van der Waals surface area contributed by atoms with Crippen molar-refractivity contribution in [2.45, 2.75) is 6.67 Å². The molecular formula is C14H18ClN3O2. The number of ether oxygens (including phenoxy) is 2. The summed E-state index contributed by atoms with van der Waals surface area (Å²) in [5.41, 5.74) is 0. The molecule has 1 aromatic heterocycles. The normalized spacial score (nSPS) is 10.8. The van der Waals surface area contributed by atoms with E-state index in [0.29, 0.717) is 18.3 Å². The second-order valence-corrected chi connectivity index (χ2v) is 4.85. The van der Waals surface area contributed by atoms with Gasteiger partial charge in [0.2, 0.25) is 0 Å². The minimum absolute atomic E-state index is 0.575. The molecule has 2 aromatic rings. The van der Waals surface area contributed by atoms with Gasteiger partial charge in [-0.1, -0.05) is 23.7 Å². The van der Waals surface area contributed by atoms with Crippen LogP contribution >= 0.6 is 11.6 Å². The van der Waals surface area contributed by atoms with Gasteiger partial charge in [0.25, 0.3) is 0 Å². The SMILES string of the molecule is COc1ccccc1OCCN(C)Cn1cc(Cl)cn1. The second kappa shape index (κ2) is 7.17. The number of nitrogens with zero attached hydrogens (tertiary/aromatic N) is 3. The van der Waals surface area contributed by atoms with E-state index in [-0.39, 0.29) is 0 Å². The topological polar surface area (TPSA) is 39.5 Å². The third kappa shape index (κ3) is 4.15. The van der Waals surface area contributed by atoms with Crippen molar-refractivity contribution < 1.29 is 9.47 Å². The zero-order valence-corrected chi connectivity index (χ0v) is 12.4. The predicted molar refractivity (Wildman–Crippen MR) is 78.4 cm³/mol. The predicted octanol–water partition coefficient (Wildman–Crippen LogP) is 2.51. The number of methoxy groups -OCH3 is 1. The Balaban J connectivity index is 1.77. The monoisotopic (exact) mass is 295 g/mol. The van der Waals surface area contributed by atoms with Crippen LogP contribution in [-0.2, 0) is 6.67 Å². The molecule has 1 aromatic carbocycles. The highest BCUT2D eigenvalue weighted by Crippen LogP contribution is 2.25. The molecule has 0 radical (unpaired) electrons. The summed E-state index contributed by atoms with van der Waals surface area (Å²) in [5, 5.41) is 4.77. The Bertz CT molecular complexity index is 545. The molecule has 0 aliphatic heterocycles. The molecule has 6 heteroatoms. The van der Waals surface area contributed by atoms with Gasteiger partial charge < -0.3 is 9.47 Å². The van der Waals surface area contributed by atoms with Gasteiger partial charge in [-0.3, -0.25) is 9.58 Å². The molecule has 20 heavy (non-hydrogen) atoms. The third-order valence-electron chi connectivity index (χ3n) is 2.79. The minimum atomic E-state index is 0.575. The molecule has 0 unspecified atom stereocenters. The highest BCUT2D eigenvalue weighted by atomic mass is 35.5. The molecule has 0 saturated carbocycles. The number of aromatic nitrogens is 2. The van der Waals surface area contributed by atoms with Crippen LogP contribution in [0.5, 0.6) is 11.5 Å². The molecule has 0 bridgehead atoms. The summed E-state index contributed by atoms with van der Waals surface area (Å²) in [6, 6.07) is 7.61. The van der Waals surface area contributed by atoms with E-state index in [9.17, 15) is 0 Å². The quantitative estimate of drug-likeness (QED) is 0.787. The smallest absolute Gasteiger partial charge is 0.161 e. The van der Waals surface area contributed by atoms with E-state index < -0.39 is 0 Å². The van der Waals surface area contributed by atoms with Crippen LogP contribution in [0.15, 0.2) is 36.7 Å². The fourth-order valence-corrected chi connectivity index (χ4v) is 1.94. The van der Waals surface area contributed by atoms with Crippen LogP contribution in [-0.4, -0.2) is 42.0 Å². The molecule has 0 atom stereocenters. The van der Waals surface area contributed by atoms with E-state index in [1.54, 1.807) is 24.2 Å². The van der Waals surface area contributed by atoms with Crippen LogP contribution in [0.1, 0.15) is 0 Å². The maximum Gasteiger partial charge on any atom is 0.161 e. The Hall–Kier alpha value is -1.72. The number of hydrogen-bond donors (Lipinski definition) is 0. The van der Waals surface area contributed by atoms with Gasteiger partial charge in [-0.15, -0.1) is 0 Å². The molecule has 5 nitrogen and oxygen atoms in total. The van der Waals surface area contributed by atoms with Crippen molar-refractivity contribution in [3.63, 3.8) is 0 Å². The fourth-order valence-electron chi connectivity index (χ4n) is 1.78. The molecule has 0 fully saturated rings. The van der Waals surface area contributed by atoms with Crippen LogP contribution in [0.4, 0.5) is 0 Å². The Morgan fingerprint density at radius 3 is 2.70 bits per heavy atom.